The van der Waals surface area contributed by atoms with Crippen molar-refractivity contribution in [2.24, 2.45) is 5.73 Å². The second-order valence-electron chi connectivity index (χ2n) is 7.49. The third-order valence-corrected chi connectivity index (χ3v) is 4.82. The Hall–Kier alpha value is -2.88. The summed E-state index contributed by atoms with van der Waals surface area (Å²) in [5, 5.41) is 0. The molecule has 3 aromatic rings. The first kappa shape index (κ1) is 20.8. The van der Waals surface area contributed by atoms with Crippen molar-refractivity contribution in [1.29, 1.82) is 0 Å². The van der Waals surface area contributed by atoms with Gasteiger partial charge in [-0.05, 0) is 61.0 Å². The van der Waals surface area contributed by atoms with E-state index in [1.807, 2.05) is 45.3 Å². The molecule has 0 heterocycles. The Kier molecular flexibility index (Phi) is 7.23. The van der Waals surface area contributed by atoms with E-state index in [0.717, 1.165) is 40.1 Å². The number of nitrogens with zero attached hydrogens (tertiary/aromatic N) is 1. The molecule has 0 amide bonds. The number of ether oxygens (including phenoxy) is 1. The van der Waals surface area contributed by atoms with Crippen molar-refractivity contribution in [1.82, 2.24) is 4.90 Å². The molecule has 0 radical (unpaired) electrons. The first-order valence-electron chi connectivity index (χ1n) is 10.0. The number of hydrogen-bond donors (Lipinski definition) is 1. The summed E-state index contributed by atoms with van der Waals surface area (Å²) in [7, 11) is 4.09. The highest BCUT2D eigenvalue weighted by molar-refractivity contribution is 6.00. The molecule has 2 N–H and O–H groups in total. The molecule has 1 unspecified atom stereocenters. The van der Waals surface area contributed by atoms with Crippen LogP contribution in [0.5, 0.6) is 5.75 Å². The van der Waals surface area contributed by atoms with Crippen molar-refractivity contribution in [2.45, 2.75) is 13.0 Å². The molecule has 3 nitrogen and oxygen atoms in total. The van der Waals surface area contributed by atoms with Crippen LogP contribution in [0.15, 0.2) is 84.9 Å². The number of nitrogens with two attached hydrogens (primary N) is 1. The molecule has 0 saturated carbocycles. The Morgan fingerprint density at radius 1 is 0.793 bits per heavy atom. The first-order chi connectivity index (χ1) is 14.1. The molecule has 1 atom stereocenters. The van der Waals surface area contributed by atoms with Crippen LogP contribution >= 0.6 is 0 Å². The first-order valence-corrected chi connectivity index (χ1v) is 10.0. The Labute approximate surface area is 174 Å². The topological polar surface area (TPSA) is 38.5 Å². The van der Waals surface area contributed by atoms with Crippen LogP contribution < -0.4 is 10.5 Å². The third kappa shape index (κ3) is 5.57. The van der Waals surface area contributed by atoms with E-state index < -0.39 is 0 Å². The van der Waals surface area contributed by atoms with Gasteiger partial charge in [0.05, 0.1) is 0 Å². The lowest BCUT2D eigenvalue weighted by Crippen LogP contribution is -2.19. The van der Waals surface area contributed by atoms with Crippen LogP contribution in [0.2, 0.25) is 0 Å². The highest BCUT2D eigenvalue weighted by Gasteiger charge is 2.17. The van der Waals surface area contributed by atoms with Crippen LogP contribution in [-0.4, -0.2) is 38.2 Å². The summed E-state index contributed by atoms with van der Waals surface area (Å²) in [6.07, 6.45) is 0. The lowest BCUT2D eigenvalue weighted by atomic mass is 9.86. The monoisotopic (exact) mass is 386 g/mol. The van der Waals surface area contributed by atoms with Gasteiger partial charge < -0.3 is 15.4 Å². The molecule has 0 spiro atoms. The molecule has 29 heavy (non-hydrogen) atoms. The van der Waals surface area contributed by atoms with E-state index in [9.17, 15) is 0 Å². The lowest BCUT2D eigenvalue weighted by Gasteiger charge is -2.20. The minimum absolute atomic E-state index is 0.108. The van der Waals surface area contributed by atoms with Crippen LogP contribution in [0.25, 0.3) is 11.1 Å². The zero-order valence-electron chi connectivity index (χ0n) is 17.5. The SMILES string of the molecule is CC(N)/C(=C(/c1ccccc1)c1ccc(OCCN(C)C)cc1)c1ccccc1. The predicted molar refractivity (Wildman–Crippen MR) is 123 cm³/mol. The maximum absolute atomic E-state index is 6.48. The Morgan fingerprint density at radius 3 is 1.83 bits per heavy atom. The number of rotatable bonds is 8. The molecule has 150 valence electrons. The molecular formula is C26H30N2O. The van der Waals surface area contributed by atoms with E-state index in [4.69, 9.17) is 10.5 Å². The van der Waals surface area contributed by atoms with Crippen LogP contribution in [-0.2, 0) is 0 Å². The summed E-state index contributed by atoms with van der Waals surface area (Å²) in [5.41, 5.74) is 12.2. The Morgan fingerprint density at radius 2 is 1.31 bits per heavy atom. The van der Waals surface area contributed by atoms with E-state index >= 15 is 0 Å². The number of likely N-dealkylation sites (N-methyl/N-ethyl adjacent to an activating group) is 1. The molecule has 3 rings (SSSR count). The number of hydrogen-bond acceptors (Lipinski definition) is 3. The van der Waals surface area contributed by atoms with Crippen LogP contribution in [0.1, 0.15) is 23.6 Å². The van der Waals surface area contributed by atoms with E-state index in [1.165, 1.54) is 0 Å². The van der Waals surface area contributed by atoms with E-state index in [-0.39, 0.29) is 6.04 Å². The fourth-order valence-corrected chi connectivity index (χ4v) is 3.40. The minimum atomic E-state index is -0.108. The van der Waals surface area contributed by atoms with Crippen molar-refractivity contribution in [3.05, 3.63) is 102 Å². The number of benzene rings is 3. The summed E-state index contributed by atoms with van der Waals surface area (Å²) >= 11 is 0. The second-order valence-corrected chi connectivity index (χ2v) is 7.49. The Bertz CT molecular complexity index is 914. The fourth-order valence-electron chi connectivity index (χ4n) is 3.40. The molecule has 0 aromatic heterocycles. The van der Waals surface area contributed by atoms with Gasteiger partial charge in [-0.1, -0.05) is 72.8 Å². The molecular weight excluding hydrogens is 356 g/mol. The summed E-state index contributed by atoms with van der Waals surface area (Å²) in [6, 6.07) is 29.1. The van der Waals surface area contributed by atoms with Crippen LogP contribution in [0.3, 0.4) is 0 Å². The molecule has 3 aromatic carbocycles. The normalized spacial score (nSPS) is 13.1. The van der Waals surface area contributed by atoms with Crippen molar-refractivity contribution < 1.29 is 4.74 Å². The van der Waals surface area contributed by atoms with Gasteiger partial charge in [0.1, 0.15) is 12.4 Å². The van der Waals surface area contributed by atoms with Crippen molar-refractivity contribution >= 4 is 11.1 Å². The maximum atomic E-state index is 6.48. The van der Waals surface area contributed by atoms with Gasteiger partial charge in [0.2, 0.25) is 0 Å². The van der Waals surface area contributed by atoms with Gasteiger partial charge in [-0.25, -0.2) is 0 Å². The van der Waals surface area contributed by atoms with E-state index in [1.54, 1.807) is 0 Å². The van der Waals surface area contributed by atoms with Gasteiger partial charge in [-0.3, -0.25) is 0 Å². The Balaban J connectivity index is 2.05. The highest BCUT2D eigenvalue weighted by Crippen LogP contribution is 2.34. The predicted octanol–water partition coefficient (Wildman–Crippen LogP) is 4.93. The largest absolute Gasteiger partial charge is 0.492 e. The molecule has 3 heteroatoms. The van der Waals surface area contributed by atoms with Gasteiger partial charge >= 0.3 is 0 Å². The van der Waals surface area contributed by atoms with Gasteiger partial charge in [0.25, 0.3) is 0 Å². The minimum Gasteiger partial charge on any atom is -0.492 e. The summed E-state index contributed by atoms with van der Waals surface area (Å²) < 4.78 is 5.87. The van der Waals surface area contributed by atoms with Gasteiger partial charge in [-0.15, -0.1) is 0 Å². The average molecular weight is 387 g/mol. The van der Waals surface area contributed by atoms with Crippen molar-refractivity contribution in [2.75, 3.05) is 27.2 Å². The van der Waals surface area contributed by atoms with Gasteiger partial charge in [0, 0.05) is 12.6 Å². The molecule has 0 aliphatic carbocycles. The molecule has 0 aliphatic heterocycles. The summed E-state index contributed by atoms with van der Waals surface area (Å²) in [4.78, 5) is 2.11. The standard InChI is InChI=1S/C26H30N2O/c1-20(27)25(21-10-6-4-7-11-21)26(22-12-8-5-9-13-22)23-14-16-24(17-15-23)29-19-18-28(2)3/h4-17,20H,18-19,27H2,1-3H3/b26-25+. The van der Waals surface area contributed by atoms with Crippen molar-refractivity contribution in [3.8, 4) is 5.75 Å². The van der Waals surface area contributed by atoms with Gasteiger partial charge in [-0.2, -0.15) is 0 Å². The lowest BCUT2D eigenvalue weighted by molar-refractivity contribution is 0.261. The molecule has 0 bridgehead atoms. The maximum Gasteiger partial charge on any atom is 0.119 e. The smallest absolute Gasteiger partial charge is 0.119 e. The second kappa shape index (κ2) is 10.1. The van der Waals surface area contributed by atoms with Gasteiger partial charge in [0.15, 0.2) is 0 Å². The third-order valence-electron chi connectivity index (χ3n) is 4.82. The van der Waals surface area contributed by atoms with E-state index in [0.29, 0.717) is 6.61 Å². The summed E-state index contributed by atoms with van der Waals surface area (Å²) in [6.45, 7) is 3.60. The zero-order chi connectivity index (χ0) is 20.6. The summed E-state index contributed by atoms with van der Waals surface area (Å²) in [5.74, 6) is 0.880. The van der Waals surface area contributed by atoms with Crippen molar-refractivity contribution in [3.63, 3.8) is 0 Å². The average Bonchev–Trinajstić information content (AvgIpc) is 2.73. The highest BCUT2D eigenvalue weighted by atomic mass is 16.5. The quantitative estimate of drug-likeness (QED) is 0.558. The fraction of sp³-hybridized carbons (Fsp3) is 0.231. The van der Waals surface area contributed by atoms with E-state index in [2.05, 4.69) is 65.6 Å². The molecule has 0 saturated heterocycles. The molecule has 0 fully saturated rings. The molecule has 0 aliphatic rings. The van der Waals surface area contributed by atoms with Crippen LogP contribution in [0, 0.1) is 0 Å². The zero-order valence-corrected chi connectivity index (χ0v) is 17.5. The van der Waals surface area contributed by atoms with Crippen LogP contribution in [0.4, 0.5) is 0 Å².